The van der Waals surface area contributed by atoms with Crippen LogP contribution < -0.4 is 5.32 Å². The fourth-order valence-electron chi connectivity index (χ4n) is 1.56. The van der Waals surface area contributed by atoms with Crippen LogP contribution in [0.25, 0.3) is 10.8 Å². The van der Waals surface area contributed by atoms with E-state index in [1.165, 1.54) is 10.8 Å². The standard InChI is InChI=1S/C11H11BrN2/c1-13-7-10-11-8(5-6-14-10)3-2-4-9(11)12/h2-6,13H,7H2,1H3. The second kappa shape index (κ2) is 4.07. The molecule has 0 saturated heterocycles. The Morgan fingerprint density at radius 2 is 2.21 bits per heavy atom. The van der Waals surface area contributed by atoms with Crippen LogP contribution in [0.1, 0.15) is 5.69 Å². The summed E-state index contributed by atoms with van der Waals surface area (Å²) in [4.78, 5) is 4.36. The Hall–Kier alpha value is -0.930. The van der Waals surface area contributed by atoms with E-state index in [2.05, 4.69) is 32.3 Å². The van der Waals surface area contributed by atoms with Gasteiger partial charge in [0.1, 0.15) is 0 Å². The molecule has 1 aromatic carbocycles. The molecule has 0 spiro atoms. The summed E-state index contributed by atoms with van der Waals surface area (Å²) >= 11 is 3.55. The number of aromatic nitrogens is 1. The molecule has 1 heterocycles. The summed E-state index contributed by atoms with van der Waals surface area (Å²) in [5.41, 5.74) is 1.08. The van der Waals surface area contributed by atoms with Gasteiger partial charge in [0.2, 0.25) is 0 Å². The topological polar surface area (TPSA) is 24.9 Å². The summed E-state index contributed by atoms with van der Waals surface area (Å²) in [7, 11) is 1.93. The van der Waals surface area contributed by atoms with E-state index < -0.39 is 0 Å². The highest BCUT2D eigenvalue weighted by atomic mass is 79.9. The highest BCUT2D eigenvalue weighted by Crippen LogP contribution is 2.25. The molecule has 0 saturated carbocycles. The van der Waals surface area contributed by atoms with Crippen molar-refractivity contribution in [1.29, 1.82) is 0 Å². The van der Waals surface area contributed by atoms with Gasteiger partial charge < -0.3 is 5.32 Å². The largest absolute Gasteiger partial charge is 0.314 e. The van der Waals surface area contributed by atoms with E-state index in [4.69, 9.17) is 0 Å². The van der Waals surface area contributed by atoms with E-state index in [1.807, 2.05) is 31.4 Å². The summed E-state index contributed by atoms with van der Waals surface area (Å²) in [6.45, 7) is 0.792. The van der Waals surface area contributed by atoms with Gasteiger partial charge in [0.05, 0.1) is 5.69 Å². The van der Waals surface area contributed by atoms with Gasteiger partial charge in [-0.15, -0.1) is 0 Å². The molecule has 2 nitrogen and oxygen atoms in total. The molecule has 0 amide bonds. The lowest BCUT2D eigenvalue weighted by Crippen LogP contribution is -2.07. The van der Waals surface area contributed by atoms with Crippen LogP contribution in [-0.4, -0.2) is 12.0 Å². The Kier molecular flexibility index (Phi) is 2.79. The number of halogens is 1. The molecule has 0 aliphatic rings. The maximum absolute atomic E-state index is 4.36. The lowest BCUT2D eigenvalue weighted by Gasteiger charge is -2.06. The summed E-state index contributed by atoms with van der Waals surface area (Å²) in [6.07, 6.45) is 1.85. The Balaban J connectivity index is 2.71. The minimum Gasteiger partial charge on any atom is -0.314 e. The van der Waals surface area contributed by atoms with Crippen molar-refractivity contribution in [3.63, 3.8) is 0 Å². The number of hydrogen-bond donors (Lipinski definition) is 1. The quantitative estimate of drug-likeness (QED) is 0.887. The molecule has 0 aliphatic heterocycles. The van der Waals surface area contributed by atoms with Crippen molar-refractivity contribution in [1.82, 2.24) is 10.3 Å². The van der Waals surface area contributed by atoms with E-state index in [0.717, 1.165) is 16.7 Å². The fraction of sp³-hybridized carbons (Fsp3) is 0.182. The molecule has 2 aromatic rings. The van der Waals surface area contributed by atoms with Gasteiger partial charge in [-0.25, -0.2) is 0 Å². The van der Waals surface area contributed by atoms with Crippen LogP contribution in [0.15, 0.2) is 34.9 Å². The number of fused-ring (bicyclic) bond motifs is 1. The molecule has 0 atom stereocenters. The molecule has 0 unspecified atom stereocenters. The summed E-state index contributed by atoms with van der Waals surface area (Å²) < 4.78 is 1.10. The van der Waals surface area contributed by atoms with Gasteiger partial charge in [0, 0.05) is 22.6 Å². The van der Waals surface area contributed by atoms with Gasteiger partial charge in [-0.05, 0) is 24.6 Å². The predicted molar refractivity (Wildman–Crippen MR) is 62.2 cm³/mol. The molecular weight excluding hydrogens is 240 g/mol. The molecule has 0 bridgehead atoms. The molecule has 1 N–H and O–H groups in total. The minimum absolute atomic E-state index is 0.792. The normalized spacial score (nSPS) is 10.7. The number of pyridine rings is 1. The SMILES string of the molecule is CNCc1nccc2cccc(Br)c12. The zero-order chi connectivity index (χ0) is 9.97. The molecule has 0 aliphatic carbocycles. The van der Waals surface area contributed by atoms with E-state index in [9.17, 15) is 0 Å². The third kappa shape index (κ3) is 1.65. The molecule has 2 rings (SSSR count). The summed E-state index contributed by atoms with van der Waals surface area (Å²) in [6, 6.07) is 8.21. The van der Waals surface area contributed by atoms with E-state index in [1.54, 1.807) is 0 Å². The zero-order valence-corrected chi connectivity index (χ0v) is 9.51. The maximum Gasteiger partial charge on any atom is 0.0631 e. The van der Waals surface area contributed by atoms with Crippen LogP contribution >= 0.6 is 15.9 Å². The monoisotopic (exact) mass is 250 g/mol. The molecule has 3 heteroatoms. The van der Waals surface area contributed by atoms with Crippen molar-refractivity contribution in [2.24, 2.45) is 0 Å². The van der Waals surface area contributed by atoms with Crippen molar-refractivity contribution >= 4 is 26.7 Å². The van der Waals surface area contributed by atoms with Gasteiger partial charge in [0.25, 0.3) is 0 Å². The van der Waals surface area contributed by atoms with Crippen molar-refractivity contribution in [3.8, 4) is 0 Å². The van der Waals surface area contributed by atoms with Crippen LogP contribution in [-0.2, 0) is 6.54 Å². The molecule has 0 radical (unpaired) electrons. The van der Waals surface area contributed by atoms with Crippen LogP contribution in [0.2, 0.25) is 0 Å². The number of nitrogens with one attached hydrogen (secondary N) is 1. The molecule has 72 valence electrons. The lowest BCUT2D eigenvalue weighted by atomic mass is 10.1. The number of nitrogens with zero attached hydrogens (tertiary/aromatic N) is 1. The van der Waals surface area contributed by atoms with Gasteiger partial charge in [-0.2, -0.15) is 0 Å². The van der Waals surface area contributed by atoms with Crippen LogP contribution in [0, 0.1) is 0 Å². The van der Waals surface area contributed by atoms with Crippen molar-refractivity contribution in [2.45, 2.75) is 6.54 Å². The first-order valence-electron chi connectivity index (χ1n) is 4.49. The second-order valence-corrected chi connectivity index (χ2v) is 3.98. The maximum atomic E-state index is 4.36. The van der Waals surface area contributed by atoms with Gasteiger partial charge >= 0.3 is 0 Å². The number of benzene rings is 1. The van der Waals surface area contributed by atoms with Crippen LogP contribution in [0.5, 0.6) is 0 Å². The van der Waals surface area contributed by atoms with E-state index >= 15 is 0 Å². The first kappa shape index (κ1) is 9.62. The average Bonchev–Trinajstić information content (AvgIpc) is 2.19. The van der Waals surface area contributed by atoms with Gasteiger partial charge in [-0.1, -0.05) is 28.1 Å². The van der Waals surface area contributed by atoms with Crippen molar-refractivity contribution in [3.05, 3.63) is 40.6 Å². The molecule has 0 fully saturated rings. The highest BCUT2D eigenvalue weighted by molar-refractivity contribution is 9.10. The predicted octanol–water partition coefficient (Wildman–Crippen LogP) is 2.72. The minimum atomic E-state index is 0.792. The third-order valence-electron chi connectivity index (χ3n) is 2.16. The Morgan fingerprint density at radius 3 is 3.00 bits per heavy atom. The average molecular weight is 251 g/mol. The van der Waals surface area contributed by atoms with Crippen LogP contribution in [0.3, 0.4) is 0 Å². The highest BCUT2D eigenvalue weighted by Gasteiger charge is 2.04. The second-order valence-electron chi connectivity index (χ2n) is 3.13. The smallest absolute Gasteiger partial charge is 0.0631 e. The number of hydrogen-bond acceptors (Lipinski definition) is 2. The molecule has 14 heavy (non-hydrogen) atoms. The first-order chi connectivity index (χ1) is 6.83. The summed E-state index contributed by atoms with van der Waals surface area (Å²) in [5, 5.41) is 5.54. The number of rotatable bonds is 2. The van der Waals surface area contributed by atoms with E-state index in [-0.39, 0.29) is 0 Å². The Bertz CT molecular complexity index is 449. The summed E-state index contributed by atoms with van der Waals surface area (Å²) in [5.74, 6) is 0. The van der Waals surface area contributed by atoms with Gasteiger partial charge in [0.15, 0.2) is 0 Å². The van der Waals surface area contributed by atoms with Crippen LogP contribution in [0.4, 0.5) is 0 Å². The first-order valence-corrected chi connectivity index (χ1v) is 5.29. The molecule has 1 aromatic heterocycles. The molecular formula is C11H11BrN2. The third-order valence-corrected chi connectivity index (χ3v) is 2.82. The fourth-order valence-corrected chi connectivity index (χ4v) is 2.17. The van der Waals surface area contributed by atoms with Crippen molar-refractivity contribution < 1.29 is 0 Å². The van der Waals surface area contributed by atoms with Crippen molar-refractivity contribution in [2.75, 3.05) is 7.05 Å². The lowest BCUT2D eigenvalue weighted by molar-refractivity contribution is 0.798. The zero-order valence-electron chi connectivity index (χ0n) is 7.92. The van der Waals surface area contributed by atoms with Gasteiger partial charge in [-0.3, -0.25) is 4.98 Å². The Morgan fingerprint density at radius 1 is 1.36 bits per heavy atom. The van der Waals surface area contributed by atoms with E-state index in [0.29, 0.717) is 0 Å². The Labute approximate surface area is 91.5 Å².